The largest absolute Gasteiger partial charge is 0.356 e. The van der Waals surface area contributed by atoms with Gasteiger partial charge in [0.2, 0.25) is 5.91 Å². The molecule has 0 fully saturated rings. The molecule has 1 aliphatic rings. The summed E-state index contributed by atoms with van der Waals surface area (Å²) in [5.41, 5.74) is 2.07. The van der Waals surface area contributed by atoms with Crippen molar-refractivity contribution in [3.05, 3.63) is 65.0 Å². The minimum Gasteiger partial charge on any atom is -0.356 e. The highest BCUT2D eigenvalue weighted by atomic mass is 127. The smallest absolute Gasteiger partial charge is 0.246 e. The third-order valence-electron chi connectivity index (χ3n) is 4.45. The van der Waals surface area contributed by atoms with E-state index in [9.17, 15) is 18.0 Å². The van der Waals surface area contributed by atoms with Gasteiger partial charge < -0.3 is 15.5 Å². The van der Waals surface area contributed by atoms with Gasteiger partial charge in [-0.25, -0.2) is 18.2 Å². The molecule has 156 valence electrons. The Hall–Kier alpha value is -2.30. The van der Waals surface area contributed by atoms with E-state index in [1.165, 1.54) is 11.1 Å². The number of hydrogen-bond donors (Lipinski definition) is 2. The second-order valence-corrected chi connectivity index (χ2v) is 6.38. The Morgan fingerprint density at radius 2 is 1.83 bits per heavy atom. The van der Waals surface area contributed by atoms with Crippen LogP contribution in [0.25, 0.3) is 0 Å². The van der Waals surface area contributed by atoms with Gasteiger partial charge in [-0.2, -0.15) is 0 Å². The monoisotopic (exact) mass is 518 g/mol. The second-order valence-electron chi connectivity index (χ2n) is 6.38. The standard InChI is InChI=1S/C20H21F3N4O.HI/c1-2-24-20(27-10-9-13-5-3-4-6-14(13)12-27)25-11-17(28)26-16-8-7-15(21)18(22)19(16)23;/h3-8H,2,9-12H2,1H3,(H,24,25)(H,26,28);1H. The first kappa shape index (κ1) is 23.0. The number of rotatable bonds is 4. The number of aliphatic imine (C=N–C) groups is 1. The van der Waals surface area contributed by atoms with Crippen molar-refractivity contribution >= 4 is 41.5 Å². The Labute approximate surface area is 184 Å². The van der Waals surface area contributed by atoms with Gasteiger partial charge in [-0.3, -0.25) is 4.79 Å². The van der Waals surface area contributed by atoms with Crippen LogP contribution >= 0.6 is 24.0 Å². The highest BCUT2D eigenvalue weighted by molar-refractivity contribution is 14.0. The molecule has 3 rings (SSSR count). The molecule has 1 heterocycles. The number of hydrogen-bond acceptors (Lipinski definition) is 2. The second kappa shape index (κ2) is 10.5. The summed E-state index contributed by atoms with van der Waals surface area (Å²) < 4.78 is 39.9. The predicted octanol–water partition coefficient (Wildman–Crippen LogP) is 3.68. The first-order valence-corrected chi connectivity index (χ1v) is 9.03. The van der Waals surface area contributed by atoms with Crippen molar-refractivity contribution in [2.75, 3.05) is 25.0 Å². The van der Waals surface area contributed by atoms with Gasteiger partial charge in [0.1, 0.15) is 6.54 Å². The average molecular weight is 518 g/mol. The average Bonchev–Trinajstić information content (AvgIpc) is 2.71. The summed E-state index contributed by atoms with van der Waals surface area (Å²) in [6.45, 7) is 3.68. The summed E-state index contributed by atoms with van der Waals surface area (Å²) >= 11 is 0. The Morgan fingerprint density at radius 3 is 2.55 bits per heavy atom. The first-order valence-electron chi connectivity index (χ1n) is 9.03. The van der Waals surface area contributed by atoms with Crippen molar-refractivity contribution in [1.82, 2.24) is 10.2 Å². The third-order valence-corrected chi connectivity index (χ3v) is 4.45. The van der Waals surface area contributed by atoms with Crippen LogP contribution < -0.4 is 10.6 Å². The molecule has 0 saturated carbocycles. The lowest BCUT2D eigenvalue weighted by Crippen LogP contribution is -2.44. The van der Waals surface area contributed by atoms with E-state index in [1.54, 1.807) is 0 Å². The molecule has 5 nitrogen and oxygen atoms in total. The van der Waals surface area contributed by atoms with Crippen LogP contribution in [0.4, 0.5) is 18.9 Å². The normalized spacial score (nSPS) is 13.4. The zero-order chi connectivity index (χ0) is 20.1. The maximum Gasteiger partial charge on any atom is 0.246 e. The lowest BCUT2D eigenvalue weighted by atomic mass is 10.0. The fourth-order valence-corrected chi connectivity index (χ4v) is 3.06. The van der Waals surface area contributed by atoms with Crippen LogP contribution in [0.15, 0.2) is 41.4 Å². The zero-order valence-electron chi connectivity index (χ0n) is 15.8. The van der Waals surface area contributed by atoms with Crippen molar-refractivity contribution < 1.29 is 18.0 Å². The molecule has 0 radical (unpaired) electrons. The van der Waals surface area contributed by atoms with Crippen LogP contribution in [0.1, 0.15) is 18.1 Å². The van der Waals surface area contributed by atoms with Crippen LogP contribution in [0.3, 0.4) is 0 Å². The van der Waals surface area contributed by atoms with Gasteiger partial charge in [-0.15, -0.1) is 24.0 Å². The molecule has 1 aliphatic heterocycles. The Balaban J connectivity index is 0.00000300. The number of carbonyl (C=O) groups is 1. The minimum atomic E-state index is -1.62. The molecular weight excluding hydrogens is 496 g/mol. The van der Waals surface area contributed by atoms with Gasteiger partial charge >= 0.3 is 0 Å². The van der Waals surface area contributed by atoms with E-state index in [0.29, 0.717) is 19.0 Å². The molecule has 0 saturated heterocycles. The Morgan fingerprint density at radius 1 is 1.10 bits per heavy atom. The van der Waals surface area contributed by atoms with Gasteiger partial charge in [0.25, 0.3) is 0 Å². The summed E-state index contributed by atoms with van der Waals surface area (Å²) in [7, 11) is 0. The van der Waals surface area contributed by atoms with Crippen LogP contribution in [-0.2, 0) is 17.8 Å². The molecule has 1 amide bonds. The van der Waals surface area contributed by atoms with Crippen molar-refractivity contribution in [2.45, 2.75) is 19.9 Å². The number of nitrogens with one attached hydrogen (secondary N) is 2. The van der Waals surface area contributed by atoms with E-state index < -0.39 is 29.0 Å². The van der Waals surface area contributed by atoms with E-state index in [4.69, 9.17) is 0 Å². The van der Waals surface area contributed by atoms with Crippen molar-refractivity contribution in [3.8, 4) is 0 Å². The van der Waals surface area contributed by atoms with Crippen LogP contribution in [0, 0.1) is 17.5 Å². The van der Waals surface area contributed by atoms with Crippen LogP contribution in [0.2, 0.25) is 0 Å². The van der Waals surface area contributed by atoms with Crippen LogP contribution in [-0.4, -0.2) is 36.4 Å². The molecule has 29 heavy (non-hydrogen) atoms. The lowest BCUT2D eigenvalue weighted by molar-refractivity contribution is -0.114. The number of guanidine groups is 1. The predicted molar refractivity (Wildman–Crippen MR) is 117 cm³/mol. The van der Waals surface area contributed by atoms with Crippen molar-refractivity contribution in [1.29, 1.82) is 0 Å². The summed E-state index contributed by atoms with van der Waals surface area (Å²) in [4.78, 5) is 18.4. The zero-order valence-corrected chi connectivity index (χ0v) is 18.2. The maximum atomic E-state index is 13.7. The molecule has 0 aromatic heterocycles. The highest BCUT2D eigenvalue weighted by Crippen LogP contribution is 2.20. The molecule has 2 aromatic carbocycles. The summed E-state index contributed by atoms with van der Waals surface area (Å²) in [6.07, 6.45) is 0.868. The number of halogens is 4. The van der Waals surface area contributed by atoms with Crippen molar-refractivity contribution in [3.63, 3.8) is 0 Å². The van der Waals surface area contributed by atoms with Gasteiger partial charge in [0.15, 0.2) is 23.4 Å². The molecule has 2 N–H and O–H groups in total. The molecule has 2 aromatic rings. The SMILES string of the molecule is CCNC(=NCC(=O)Nc1ccc(F)c(F)c1F)N1CCc2ccccc2C1.I. The molecule has 0 bridgehead atoms. The molecule has 0 atom stereocenters. The number of carbonyl (C=O) groups excluding carboxylic acids is 1. The number of amides is 1. The van der Waals surface area contributed by atoms with Crippen molar-refractivity contribution in [2.24, 2.45) is 4.99 Å². The van der Waals surface area contributed by atoms with E-state index in [0.717, 1.165) is 25.1 Å². The minimum absolute atomic E-state index is 0. The lowest BCUT2D eigenvalue weighted by Gasteiger charge is -2.31. The number of nitrogens with zero attached hydrogens (tertiary/aromatic N) is 2. The summed E-state index contributed by atoms with van der Waals surface area (Å²) in [5.74, 6) is -4.43. The highest BCUT2D eigenvalue weighted by Gasteiger charge is 2.19. The molecule has 0 aliphatic carbocycles. The van der Waals surface area contributed by atoms with Gasteiger partial charge in [-0.1, -0.05) is 24.3 Å². The Bertz CT molecular complexity index is 907. The molecule has 9 heteroatoms. The van der Waals surface area contributed by atoms with E-state index in [-0.39, 0.29) is 30.5 Å². The summed E-state index contributed by atoms with van der Waals surface area (Å²) in [5, 5.41) is 5.36. The van der Waals surface area contributed by atoms with Gasteiger partial charge in [-0.05, 0) is 36.6 Å². The quantitative estimate of drug-likeness (QED) is 0.281. The third kappa shape index (κ3) is 5.62. The Kier molecular flexibility index (Phi) is 8.30. The molecule has 0 spiro atoms. The number of fused-ring (bicyclic) bond motifs is 1. The van der Waals surface area contributed by atoms with Crippen LogP contribution in [0.5, 0.6) is 0 Å². The maximum absolute atomic E-state index is 13.7. The summed E-state index contributed by atoms with van der Waals surface area (Å²) in [6, 6.07) is 9.88. The topological polar surface area (TPSA) is 56.7 Å². The van der Waals surface area contributed by atoms with Gasteiger partial charge in [0.05, 0.1) is 5.69 Å². The molecular formula is C20H22F3IN4O. The van der Waals surface area contributed by atoms with E-state index in [1.807, 2.05) is 24.0 Å². The van der Waals surface area contributed by atoms with E-state index >= 15 is 0 Å². The fraction of sp³-hybridized carbons (Fsp3) is 0.300. The first-order chi connectivity index (χ1) is 13.5. The van der Waals surface area contributed by atoms with Gasteiger partial charge in [0, 0.05) is 19.6 Å². The van der Waals surface area contributed by atoms with E-state index in [2.05, 4.69) is 27.8 Å². The molecule has 0 unspecified atom stereocenters. The number of anilines is 1. The number of benzene rings is 2. The fourth-order valence-electron chi connectivity index (χ4n) is 3.06.